The van der Waals surface area contributed by atoms with E-state index in [4.69, 9.17) is 16.3 Å². The molecule has 1 saturated carbocycles. The van der Waals surface area contributed by atoms with Gasteiger partial charge in [-0.25, -0.2) is 0 Å². The van der Waals surface area contributed by atoms with Gasteiger partial charge in [-0.05, 0) is 50.3 Å². The van der Waals surface area contributed by atoms with Gasteiger partial charge in [0.1, 0.15) is 6.61 Å². The molecule has 2 aliphatic rings. The second-order valence-corrected chi connectivity index (χ2v) is 7.94. The molecule has 1 aromatic rings. The lowest BCUT2D eigenvalue weighted by molar-refractivity contribution is -0.126. The van der Waals surface area contributed by atoms with E-state index in [-0.39, 0.29) is 12.5 Å². The number of benzene rings is 1. The fourth-order valence-corrected chi connectivity index (χ4v) is 4.19. The number of halogens is 1. The summed E-state index contributed by atoms with van der Waals surface area (Å²) in [7, 11) is 1.55. The van der Waals surface area contributed by atoms with E-state index in [1.165, 1.54) is 12.1 Å². The molecule has 0 spiro atoms. The van der Waals surface area contributed by atoms with Crippen molar-refractivity contribution in [3.63, 3.8) is 0 Å². The van der Waals surface area contributed by atoms with Gasteiger partial charge in [0.2, 0.25) is 5.91 Å². The van der Waals surface area contributed by atoms with Crippen LogP contribution in [0.15, 0.2) is 18.2 Å². The highest BCUT2D eigenvalue weighted by atomic mass is 35.5. The number of amides is 1. The Morgan fingerprint density at radius 2 is 2.00 bits per heavy atom. The van der Waals surface area contributed by atoms with Gasteiger partial charge in [0.25, 0.3) is 0 Å². The topological polar surface area (TPSA) is 44.8 Å². The van der Waals surface area contributed by atoms with E-state index in [1.807, 2.05) is 0 Å². The number of anilines is 1. The Morgan fingerprint density at radius 3 is 2.69 bits per heavy atom. The predicted octanol–water partition coefficient (Wildman–Crippen LogP) is 2.70. The zero-order chi connectivity index (χ0) is 18.5. The monoisotopic (exact) mass is 379 g/mol. The number of nitrogens with zero attached hydrogens (tertiary/aromatic N) is 2. The minimum absolute atomic E-state index is 0.00174. The normalized spacial score (nSPS) is 23.6. The summed E-state index contributed by atoms with van der Waals surface area (Å²) in [6.45, 7) is 7.62. The SMILES string of the molecule is COCC(=O)NC1CC(CCN2CCN(c3cccc(C)c3Cl)CC2)C1. The Hall–Kier alpha value is -1.30. The fraction of sp³-hybridized carbons (Fsp3) is 0.650. The number of carbonyl (C=O) groups is 1. The average Bonchev–Trinajstić information content (AvgIpc) is 2.60. The van der Waals surface area contributed by atoms with Crippen molar-refractivity contribution in [2.24, 2.45) is 5.92 Å². The van der Waals surface area contributed by atoms with E-state index in [0.717, 1.165) is 62.1 Å². The van der Waals surface area contributed by atoms with Crippen molar-refractivity contribution in [3.05, 3.63) is 28.8 Å². The summed E-state index contributed by atoms with van der Waals surface area (Å²) in [6.07, 6.45) is 3.44. The molecule has 1 aliphatic heterocycles. The Kier molecular flexibility index (Phi) is 6.79. The molecule has 1 heterocycles. The van der Waals surface area contributed by atoms with Crippen molar-refractivity contribution in [2.75, 3.05) is 51.3 Å². The number of ether oxygens (including phenoxy) is 1. The minimum Gasteiger partial charge on any atom is -0.375 e. The summed E-state index contributed by atoms with van der Waals surface area (Å²) in [5.41, 5.74) is 2.31. The van der Waals surface area contributed by atoms with Crippen LogP contribution in [0.3, 0.4) is 0 Å². The van der Waals surface area contributed by atoms with Gasteiger partial charge < -0.3 is 15.0 Å². The number of aryl methyl sites for hydroxylation is 1. The van der Waals surface area contributed by atoms with Crippen LogP contribution in [0.2, 0.25) is 5.02 Å². The highest BCUT2D eigenvalue weighted by molar-refractivity contribution is 6.34. The van der Waals surface area contributed by atoms with E-state index >= 15 is 0 Å². The maximum Gasteiger partial charge on any atom is 0.246 e. The first kappa shape index (κ1) is 19.5. The molecule has 0 unspecified atom stereocenters. The first-order chi connectivity index (χ1) is 12.6. The second kappa shape index (κ2) is 9.07. The maximum atomic E-state index is 11.5. The van der Waals surface area contributed by atoms with Crippen LogP contribution in [-0.4, -0.2) is 63.3 Å². The number of rotatable bonds is 7. The molecule has 5 nitrogen and oxygen atoms in total. The van der Waals surface area contributed by atoms with Crippen LogP contribution in [0.5, 0.6) is 0 Å². The van der Waals surface area contributed by atoms with Crippen molar-refractivity contribution in [1.29, 1.82) is 0 Å². The molecule has 1 N–H and O–H groups in total. The van der Waals surface area contributed by atoms with Gasteiger partial charge in [-0.1, -0.05) is 23.7 Å². The van der Waals surface area contributed by atoms with Crippen LogP contribution in [0.25, 0.3) is 0 Å². The van der Waals surface area contributed by atoms with Crippen molar-refractivity contribution in [2.45, 2.75) is 32.2 Å². The van der Waals surface area contributed by atoms with Crippen LogP contribution in [0.4, 0.5) is 5.69 Å². The molecule has 2 fully saturated rings. The number of hydrogen-bond acceptors (Lipinski definition) is 4. The molecule has 0 radical (unpaired) electrons. The lowest BCUT2D eigenvalue weighted by Crippen LogP contribution is -2.49. The number of carbonyl (C=O) groups excluding carboxylic acids is 1. The third-order valence-corrected chi connectivity index (χ3v) is 6.11. The molecule has 1 aliphatic carbocycles. The summed E-state index contributed by atoms with van der Waals surface area (Å²) >= 11 is 6.47. The molecule has 0 bridgehead atoms. The Morgan fingerprint density at radius 1 is 1.27 bits per heavy atom. The fourth-order valence-electron chi connectivity index (χ4n) is 3.94. The average molecular weight is 380 g/mol. The van der Waals surface area contributed by atoms with E-state index in [9.17, 15) is 4.79 Å². The first-order valence-electron chi connectivity index (χ1n) is 9.57. The number of methoxy groups -OCH3 is 1. The van der Waals surface area contributed by atoms with E-state index in [1.54, 1.807) is 7.11 Å². The molecule has 1 aromatic carbocycles. The third-order valence-electron chi connectivity index (χ3n) is 5.61. The van der Waals surface area contributed by atoms with Crippen LogP contribution in [0.1, 0.15) is 24.8 Å². The number of hydrogen-bond donors (Lipinski definition) is 1. The first-order valence-corrected chi connectivity index (χ1v) is 9.95. The zero-order valence-corrected chi connectivity index (χ0v) is 16.6. The minimum atomic E-state index is 0.00174. The zero-order valence-electron chi connectivity index (χ0n) is 15.8. The van der Waals surface area contributed by atoms with Gasteiger partial charge in [0, 0.05) is 39.3 Å². The molecule has 1 saturated heterocycles. The van der Waals surface area contributed by atoms with Crippen LogP contribution < -0.4 is 10.2 Å². The van der Waals surface area contributed by atoms with Crippen molar-refractivity contribution in [1.82, 2.24) is 10.2 Å². The van der Waals surface area contributed by atoms with Crippen LogP contribution in [-0.2, 0) is 9.53 Å². The highest BCUT2D eigenvalue weighted by Crippen LogP contribution is 2.31. The standard InChI is InChI=1S/C20H30ClN3O2/c1-15-4-3-5-18(20(15)21)24-10-8-23(9-11-24)7-6-16-12-17(13-16)22-19(25)14-26-2/h3-5,16-17H,6-14H2,1-2H3,(H,22,25). The molecular formula is C20H30ClN3O2. The van der Waals surface area contributed by atoms with Crippen LogP contribution in [0, 0.1) is 12.8 Å². The summed E-state index contributed by atoms with van der Waals surface area (Å²) in [6, 6.07) is 6.62. The van der Waals surface area contributed by atoms with Gasteiger partial charge in [0.15, 0.2) is 0 Å². The van der Waals surface area contributed by atoms with Crippen LogP contribution >= 0.6 is 11.6 Å². The van der Waals surface area contributed by atoms with Crippen molar-refractivity contribution in [3.8, 4) is 0 Å². The molecule has 3 rings (SSSR count). The predicted molar refractivity (Wildman–Crippen MR) is 106 cm³/mol. The summed E-state index contributed by atoms with van der Waals surface area (Å²) in [5, 5.41) is 3.91. The second-order valence-electron chi connectivity index (χ2n) is 7.56. The highest BCUT2D eigenvalue weighted by Gasteiger charge is 2.30. The van der Waals surface area contributed by atoms with E-state index in [0.29, 0.717) is 6.04 Å². The van der Waals surface area contributed by atoms with Gasteiger partial charge in [0.05, 0.1) is 10.7 Å². The molecule has 26 heavy (non-hydrogen) atoms. The molecule has 6 heteroatoms. The third kappa shape index (κ3) is 4.90. The van der Waals surface area contributed by atoms with Crippen molar-refractivity contribution < 1.29 is 9.53 Å². The van der Waals surface area contributed by atoms with E-state index in [2.05, 4.69) is 40.2 Å². The maximum absolute atomic E-state index is 11.5. The van der Waals surface area contributed by atoms with Crippen molar-refractivity contribution >= 4 is 23.2 Å². The summed E-state index contributed by atoms with van der Waals surface area (Å²) < 4.78 is 4.85. The summed E-state index contributed by atoms with van der Waals surface area (Å²) in [4.78, 5) is 16.4. The molecule has 1 amide bonds. The Labute approximate surface area is 161 Å². The van der Waals surface area contributed by atoms with Gasteiger partial charge in [-0.3, -0.25) is 9.69 Å². The smallest absolute Gasteiger partial charge is 0.246 e. The molecular weight excluding hydrogens is 350 g/mol. The van der Waals surface area contributed by atoms with Gasteiger partial charge >= 0.3 is 0 Å². The largest absolute Gasteiger partial charge is 0.375 e. The molecule has 0 aromatic heterocycles. The molecule has 0 atom stereocenters. The summed E-state index contributed by atoms with van der Waals surface area (Å²) in [5.74, 6) is 0.744. The number of nitrogens with one attached hydrogen (secondary N) is 1. The Balaban J connectivity index is 1.34. The quantitative estimate of drug-likeness (QED) is 0.791. The van der Waals surface area contributed by atoms with Gasteiger partial charge in [-0.15, -0.1) is 0 Å². The lowest BCUT2D eigenvalue weighted by Gasteiger charge is -2.40. The molecule has 144 valence electrons. The lowest BCUT2D eigenvalue weighted by atomic mass is 9.78. The number of piperazine rings is 1. The Bertz CT molecular complexity index is 611. The van der Waals surface area contributed by atoms with E-state index < -0.39 is 0 Å². The van der Waals surface area contributed by atoms with Gasteiger partial charge in [-0.2, -0.15) is 0 Å².